The summed E-state index contributed by atoms with van der Waals surface area (Å²) in [5.74, 6) is -0.138. The van der Waals surface area contributed by atoms with Gasteiger partial charge in [-0.2, -0.15) is 0 Å². The Morgan fingerprint density at radius 3 is 2.83 bits per heavy atom. The fourth-order valence-electron chi connectivity index (χ4n) is 2.33. The van der Waals surface area contributed by atoms with Crippen LogP contribution in [0.3, 0.4) is 0 Å². The number of carbonyl (C=O) groups is 1. The van der Waals surface area contributed by atoms with E-state index >= 15 is 0 Å². The van der Waals surface area contributed by atoms with Crippen LogP contribution in [0.15, 0.2) is 6.33 Å². The van der Waals surface area contributed by atoms with Gasteiger partial charge in [0, 0.05) is 12.2 Å². The largest absolute Gasteiger partial charge is 0.460 e. The van der Waals surface area contributed by atoms with Crippen LogP contribution in [-0.2, 0) is 28.9 Å². The normalized spacial score (nSPS) is 15.3. The Hall–Kier alpha value is -1.32. The lowest BCUT2D eigenvalue weighted by molar-refractivity contribution is -0.155. The van der Waals surface area contributed by atoms with Gasteiger partial charge >= 0.3 is 5.97 Å². The first-order valence-electron chi connectivity index (χ1n) is 6.70. The summed E-state index contributed by atoms with van der Waals surface area (Å²) in [4.78, 5) is 16.1. The number of hydrogen-bond acceptors (Lipinski definition) is 3. The minimum Gasteiger partial charge on any atom is -0.460 e. The van der Waals surface area contributed by atoms with Crippen LogP contribution in [0.1, 0.15) is 51.4 Å². The number of aryl methyl sites for hydroxylation is 2. The summed E-state index contributed by atoms with van der Waals surface area (Å²) in [5.41, 5.74) is 2.13. The van der Waals surface area contributed by atoms with E-state index in [2.05, 4.69) is 9.55 Å². The minimum absolute atomic E-state index is 0.138. The Bertz CT molecular complexity index is 429. The van der Waals surface area contributed by atoms with E-state index in [-0.39, 0.29) is 5.97 Å². The predicted molar refractivity (Wildman–Crippen MR) is 69.3 cm³/mol. The molecule has 0 radical (unpaired) electrons. The first kappa shape index (κ1) is 13.1. The minimum atomic E-state index is -0.397. The highest BCUT2D eigenvalue weighted by Gasteiger charge is 2.18. The van der Waals surface area contributed by atoms with Gasteiger partial charge in [-0.3, -0.25) is 4.79 Å². The number of rotatable bonds is 3. The van der Waals surface area contributed by atoms with Crippen molar-refractivity contribution < 1.29 is 9.53 Å². The van der Waals surface area contributed by atoms with Crippen molar-refractivity contribution in [3.8, 4) is 0 Å². The van der Waals surface area contributed by atoms with E-state index in [4.69, 9.17) is 4.74 Å². The van der Waals surface area contributed by atoms with E-state index < -0.39 is 5.60 Å². The molecule has 0 unspecified atom stereocenters. The molecule has 0 aromatic carbocycles. The highest BCUT2D eigenvalue weighted by molar-refractivity contribution is 5.69. The Balaban J connectivity index is 1.91. The molecule has 2 rings (SSSR count). The molecule has 0 spiro atoms. The molecule has 1 aliphatic carbocycles. The van der Waals surface area contributed by atoms with E-state index in [0.29, 0.717) is 13.0 Å². The molecular weight excluding hydrogens is 228 g/mol. The molecule has 4 nitrogen and oxygen atoms in total. The maximum atomic E-state index is 11.7. The average Bonchev–Trinajstić information content (AvgIpc) is 2.67. The Labute approximate surface area is 108 Å². The predicted octanol–water partition coefficient (Wildman–Crippen LogP) is 2.49. The summed E-state index contributed by atoms with van der Waals surface area (Å²) in [5, 5.41) is 0. The topological polar surface area (TPSA) is 44.1 Å². The number of carbonyl (C=O) groups excluding carboxylic acids is 1. The summed E-state index contributed by atoms with van der Waals surface area (Å²) >= 11 is 0. The standard InChI is InChI=1S/C14H22N2O2/c1-14(2,3)18-13(17)8-9-16-10-15-11-6-4-5-7-12(11)16/h10H,4-9H2,1-3H3. The lowest BCUT2D eigenvalue weighted by Crippen LogP contribution is -2.24. The molecule has 0 amide bonds. The first-order chi connectivity index (χ1) is 8.46. The van der Waals surface area contributed by atoms with Crippen molar-refractivity contribution in [3.05, 3.63) is 17.7 Å². The summed E-state index contributed by atoms with van der Waals surface area (Å²) in [6.45, 7) is 6.36. The van der Waals surface area contributed by atoms with Crippen LogP contribution in [0.5, 0.6) is 0 Å². The fourth-order valence-corrected chi connectivity index (χ4v) is 2.33. The Morgan fingerprint density at radius 1 is 1.39 bits per heavy atom. The molecule has 0 atom stereocenters. The van der Waals surface area contributed by atoms with Gasteiger partial charge in [-0.25, -0.2) is 4.98 Å². The number of imidazole rings is 1. The molecule has 0 bridgehead atoms. The zero-order chi connectivity index (χ0) is 13.2. The van der Waals surface area contributed by atoms with Crippen molar-refractivity contribution in [2.45, 2.75) is 65.0 Å². The van der Waals surface area contributed by atoms with Crippen LogP contribution in [0.2, 0.25) is 0 Å². The number of nitrogens with zero attached hydrogens (tertiary/aromatic N) is 2. The molecule has 0 fully saturated rings. The highest BCUT2D eigenvalue weighted by Crippen LogP contribution is 2.20. The quantitative estimate of drug-likeness (QED) is 0.774. The van der Waals surface area contributed by atoms with E-state index in [1.165, 1.54) is 24.2 Å². The second-order valence-corrected chi connectivity index (χ2v) is 5.87. The van der Waals surface area contributed by atoms with Crippen LogP contribution >= 0.6 is 0 Å². The zero-order valence-corrected chi connectivity index (χ0v) is 11.5. The number of ether oxygens (including phenoxy) is 1. The van der Waals surface area contributed by atoms with E-state index in [1.807, 2.05) is 27.1 Å². The second-order valence-electron chi connectivity index (χ2n) is 5.87. The lowest BCUT2D eigenvalue weighted by Gasteiger charge is -2.20. The number of aromatic nitrogens is 2. The average molecular weight is 250 g/mol. The third-order valence-electron chi connectivity index (χ3n) is 3.09. The SMILES string of the molecule is CC(C)(C)OC(=O)CCn1cnc2c1CCCC2. The third kappa shape index (κ3) is 3.34. The van der Waals surface area contributed by atoms with Gasteiger partial charge in [0.05, 0.1) is 18.4 Å². The van der Waals surface area contributed by atoms with Crippen molar-refractivity contribution in [2.24, 2.45) is 0 Å². The fraction of sp³-hybridized carbons (Fsp3) is 0.714. The monoisotopic (exact) mass is 250 g/mol. The lowest BCUT2D eigenvalue weighted by atomic mass is 10.0. The third-order valence-corrected chi connectivity index (χ3v) is 3.09. The molecule has 0 aliphatic heterocycles. The van der Waals surface area contributed by atoms with Gasteiger partial charge < -0.3 is 9.30 Å². The highest BCUT2D eigenvalue weighted by atomic mass is 16.6. The van der Waals surface area contributed by atoms with Gasteiger partial charge in [0.25, 0.3) is 0 Å². The molecule has 100 valence electrons. The van der Waals surface area contributed by atoms with Gasteiger partial charge in [0.1, 0.15) is 5.60 Å². The molecule has 1 aromatic heterocycles. The van der Waals surface area contributed by atoms with Crippen molar-refractivity contribution in [3.63, 3.8) is 0 Å². The molecule has 1 aromatic rings. The van der Waals surface area contributed by atoms with Crippen molar-refractivity contribution in [2.75, 3.05) is 0 Å². The smallest absolute Gasteiger partial charge is 0.308 e. The molecular formula is C14H22N2O2. The van der Waals surface area contributed by atoms with Crippen LogP contribution in [0.25, 0.3) is 0 Å². The zero-order valence-electron chi connectivity index (χ0n) is 11.5. The molecule has 4 heteroatoms. The molecule has 0 saturated heterocycles. The maximum Gasteiger partial charge on any atom is 0.308 e. The number of hydrogen-bond donors (Lipinski definition) is 0. The number of fused-ring (bicyclic) bond motifs is 1. The summed E-state index contributed by atoms with van der Waals surface area (Å²) in [6.07, 6.45) is 6.90. The van der Waals surface area contributed by atoms with Crippen LogP contribution in [-0.4, -0.2) is 21.1 Å². The van der Waals surface area contributed by atoms with Gasteiger partial charge in [0.15, 0.2) is 0 Å². The molecule has 1 aliphatic rings. The van der Waals surface area contributed by atoms with E-state index in [9.17, 15) is 4.79 Å². The van der Waals surface area contributed by atoms with Crippen LogP contribution < -0.4 is 0 Å². The second kappa shape index (κ2) is 5.12. The summed E-state index contributed by atoms with van der Waals surface area (Å²) < 4.78 is 7.42. The van der Waals surface area contributed by atoms with Crippen molar-refractivity contribution in [1.82, 2.24) is 9.55 Å². The van der Waals surface area contributed by atoms with Gasteiger partial charge in [-0.15, -0.1) is 0 Å². The Kier molecular flexibility index (Phi) is 3.73. The number of esters is 1. The van der Waals surface area contributed by atoms with Crippen molar-refractivity contribution >= 4 is 5.97 Å². The van der Waals surface area contributed by atoms with E-state index in [1.54, 1.807) is 0 Å². The molecule has 18 heavy (non-hydrogen) atoms. The van der Waals surface area contributed by atoms with Crippen LogP contribution in [0, 0.1) is 0 Å². The molecule has 0 N–H and O–H groups in total. The van der Waals surface area contributed by atoms with Gasteiger partial charge in [0.2, 0.25) is 0 Å². The van der Waals surface area contributed by atoms with Crippen molar-refractivity contribution in [1.29, 1.82) is 0 Å². The van der Waals surface area contributed by atoms with E-state index in [0.717, 1.165) is 12.8 Å². The Morgan fingerprint density at radius 2 is 2.11 bits per heavy atom. The van der Waals surface area contributed by atoms with Crippen LogP contribution in [0.4, 0.5) is 0 Å². The molecule has 1 heterocycles. The van der Waals surface area contributed by atoms with Gasteiger partial charge in [-0.1, -0.05) is 0 Å². The van der Waals surface area contributed by atoms with Gasteiger partial charge in [-0.05, 0) is 46.5 Å². The maximum absolute atomic E-state index is 11.7. The summed E-state index contributed by atoms with van der Waals surface area (Å²) in [6, 6.07) is 0. The summed E-state index contributed by atoms with van der Waals surface area (Å²) in [7, 11) is 0. The molecule has 0 saturated carbocycles. The first-order valence-corrected chi connectivity index (χ1v) is 6.70.